The van der Waals surface area contributed by atoms with Crippen molar-refractivity contribution < 1.29 is 9.84 Å². The SMILES string of the molecule is CCCCCCCOc1ccccc1C(O)CC. The highest BCUT2D eigenvalue weighted by Crippen LogP contribution is 2.26. The van der Waals surface area contributed by atoms with Crippen molar-refractivity contribution >= 4 is 0 Å². The molecule has 0 amide bonds. The van der Waals surface area contributed by atoms with Gasteiger partial charge in [-0.15, -0.1) is 0 Å². The molecule has 1 aromatic rings. The number of benzene rings is 1. The molecule has 0 radical (unpaired) electrons. The number of ether oxygens (including phenoxy) is 1. The molecule has 0 aliphatic carbocycles. The topological polar surface area (TPSA) is 29.5 Å². The zero-order valence-electron chi connectivity index (χ0n) is 11.7. The van der Waals surface area contributed by atoms with Gasteiger partial charge in [-0.2, -0.15) is 0 Å². The molecule has 0 aliphatic rings. The first-order valence-electron chi connectivity index (χ1n) is 7.19. The number of hydrogen-bond acceptors (Lipinski definition) is 2. The van der Waals surface area contributed by atoms with Gasteiger partial charge in [-0.1, -0.05) is 57.7 Å². The van der Waals surface area contributed by atoms with E-state index in [1.165, 1.54) is 25.7 Å². The molecule has 1 N–H and O–H groups in total. The van der Waals surface area contributed by atoms with E-state index >= 15 is 0 Å². The Bertz CT molecular complexity index is 323. The van der Waals surface area contributed by atoms with Gasteiger partial charge in [0.25, 0.3) is 0 Å². The van der Waals surface area contributed by atoms with Crippen LogP contribution in [0.5, 0.6) is 5.75 Å². The van der Waals surface area contributed by atoms with Gasteiger partial charge in [-0.3, -0.25) is 0 Å². The third kappa shape index (κ3) is 5.09. The van der Waals surface area contributed by atoms with Crippen LogP contribution in [0.4, 0.5) is 0 Å². The number of para-hydroxylation sites is 1. The van der Waals surface area contributed by atoms with Crippen molar-refractivity contribution in [2.45, 2.75) is 58.5 Å². The van der Waals surface area contributed by atoms with Crippen LogP contribution in [-0.2, 0) is 0 Å². The first-order valence-corrected chi connectivity index (χ1v) is 7.19. The van der Waals surface area contributed by atoms with Crippen LogP contribution in [-0.4, -0.2) is 11.7 Å². The third-order valence-electron chi connectivity index (χ3n) is 3.17. The average Bonchev–Trinajstić information content (AvgIpc) is 2.42. The monoisotopic (exact) mass is 250 g/mol. The van der Waals surface area contributed by atoms with Crippen LogP contribution in [0.1, 0.15) is 64.0 Å². The van der Waals surface area contributed by atoms with Gasteiger partial charge in [0.15, 0.2) is 0 Å². The lowest BCUT2D eigenvalue weighted by Gasteiger charge is -2.14. The molecule has 0 spiro atoms. The molecule has 0 saturated carbocycles. The molecule has 1 atom stereocenters. The second-order valence-electron chi connectivity index (χ2n) is 4.72. The standard InChI is InChI=1S/C16H26O2/c1-3-5-6-7-10-13-18-16-12-9-8-11-14(16)15(17)4-2/h8-9,11-12,15,17H,3-7,10,13H2,1-2H3. The van der Waals surface area contributed by atoms with Crippen molar-refractivity contribution in [3.63, 3.8) is 0 Å². The zero-order chi connectivity index (χ0) is 13.2. The maximum atomic E-state index is 9.90. The highest BCUT2D eigenvalue weighted by Gasteiger charge is 2.10. The number of aliphatic hydroxyl groups excluding tert-OH is 1. The summed E-state index contributed by atoms with van der Waals surface area (Å²) in [6.07, 6.45) is 6.50. The first kappa shape index (κ1) is 15.0. The van der Waals surface area contributed by atoms with Gasteiger partial charge >= 0.3 is 0 Å². The van der Waals surface area contributed by atoms with E-state index in [9.17, 15) is 5.11 Å². The number of rotatable bonds is 9. The molecule has 0 bridgehead atoms. The van der Waals surface area contributed by atoms with E-state index in [1.807, 2.05) is 31.2 Å². The Morgan fingerprint density at radius 3 is 2.50 bits per heavy atom. The predicted octanol–water partition coefficient (Wildman–Crippen LogP) is 4.48. The molecular weight excluding hydrogens is 224 g/mol. The summed E-state index contributed by atoms with van der Waals surface area (Å²) in [5.74, 6) is 0.836. The van der Waals surface area contributed by atoms with Crippen molar-refractivity contribution in [1.29, 1.82) is 0 Å². The van der Waals surface area contributed by atoms with Crippen molar-refractivity contribution in [2.75, 3.05) is 6.61 Å². The molecular formula is C16H26O2. The van der Waals surface area contributed by atoms with Crippen molar-refractivity contribution in [3.8, 4) is 5.75 Å². The molecule has 2 heteroatoms. The normalized spacial score (nSPS) is 12.4. The minimum atomic E-state index is -0.415. The van der Waals surface area contributed by atoms with Crippen LogP contribution in [0.15, 0.2) is 24.3 Å². The van der Waals surface area contributed by atoms with E-state index in [4.69, 9.17) is 4.74 Å². The summed E-state index contributed by atoms with van der Waals surface area (Å²) in [6, 6.07) is 7.79. The minimum Gasteiger partial charge on any atom is -0.493 e. The van der Waals surface area contributed by atoms with Gasteiger partial charge in [0.2, 0.25) is 0 Å². The number of unbranched alkanes of at least 4 members (excludes halogenated alkanes) is 4. The molecule has 18 heavy (non-hydrogen) atoms. The van der Waals surface area contributed by atoms with Crippen LogP contribution in [0.2, 0.25) is 0 Å². The Labute approximate surface area is 111 Å². The fraction of sp³-hybridized carbons (Fsp3) is 0.625. The van der Waals surface area contributed by atoms with E-state index in [1.54, 1.807) is 0 Å². The fourth-order valence-corrected chi connectivity index (χ4v) is 1.99. The fourth-order valence-electron chi connectivity index (χ4n) is 1.99. The molecule has 102 valence electrons. The summed E-state index contributed by atoms with van der Waals surface area (Å²) in [5.41, 5.74) is 0.911. The summed E-state index contributed by atoms with van der Waals surface area (Å²) in [4.78, 5) is 0. The Morgan fingerprint density at radius 1 is 1.06 bits per heavy atom. The van der Waals surface area contributed by atoms with Crippen LogP contribution >= 0.6 is 0 Å². The predicted molar refractivity (Wildman–Crippen MR) is 75.9 cm³/mol. The molecule has 1 aromatic carbocycles. The van der Waals surface area contributed by atoms with Gasteiger partial charge < -0.3 is 9.84 Å². The van der Waals surface area contributed by atoms with Gasteiger partial charge in [0, 0.05) is 5.56 Å². The summed E-state index contributed by atoms with van der Waals surface area (Å²) in [7, 11) is 0. The van der Waals surface area contributed by atoms with E-state index in [-0.39, 0.29) is 0 Å². The first-order chi connectivity index (χ1) is 8.79. The molecule has 2 nitrogen and oxygen atoms in total. The van der Waals surface area contributed by atoms with E-state index in [0.717, 1.165) is 30.8 Å². The van der Waals surface area contributed by atoms with Gasteiger partial charge in [0.1, 0.15) is 5.75 Å². The largest absolute Gasteiger partial charge is 0.493 e. The lowest BCUT2D eigenvalue weighted by atomic mass is 10.1. The maximum absolute atomic E-state index is 9.90. The van der Waals surface area contributed by atoms with Crippen LogP contribution < -0.4 is 4.74 Å². The van der Waals surface area contributed by atoms with Crippen molar-refractivity contribution in [3.05, 3.63) is 29.8 Å². The average molecular weight is 250 g/mol. The van der Waals surface area contributed by atoms with E-state index in [2.05, 4.69) is 6.92 Å². The smallest absolute Gasteiger partial charge is 0.125 e. The molecule has 1 unspecified atom stereocenters. The summed E-state index contributed by atoms with van der Waals surface area (Å²) >= 11 is 0. The zero-order valence-corrected chi connectivity index (χ0v) is 11.7. The van der Waals surface area contributed by atoms with Crippen molar-refractivity contribution in [2.24, 2.45) is 0 Å². The van der Waals surface area contributed by atoms with Crippen LogP contribution in [0.3, 0.4) is 0 Å². The Morgan fingerprint density at radius 2 is 1.78 bits per heavy atom. The van der Waals surface area contributed by atoms with Crippen molar-refractivity contribution in [1.82, 2.24) is 0 Å². The Balaban J connectivity index is 2.37. The van der Waals surface area contributed by atoms with Gasteiger partial charge in [-0.05, 0) is 18.9 Å². The van der Waals surface area contributed by atoms with Crippen LogP contribution in [0, 0.1) is 0 Å². The molecule has 0 saturated heterocycles. The molecule has 0 aliphatic heterocycles. The number of aliphatic hydroxyl groups is 1. The van der Waals surface area contributed by atoms with E-state index in [0.29, 0.717) is 0 Å². The lowest BCUT2D eigenvalue weighted by Crippen LogP contribution is -2.03. The second-order valence-corrected chi connectivity index (χ2v) is 4.72. The Hall–Kier alpha value is -1.02. The lowest BCUT2D eigenvalue weighted by molar-refractivity contribution is 0.167. The quantitative estimate of drug-likeness (QED) is 0.655. The summed E-state index contributed by atoms with van der Waals surface area (Å²) in [6.45, 7) is 4.95. The maximum Gasteiger partial charge on any atom is 0.125 e. The van der Waals surface area contributed by atoms with Gasteiger partial charge in [0.05, 0.1) is 12.7 Å². The van der Waals surface area contributed by atoms with E-state index < -0.39 is 6.10 Å². The molecule has 0 heterocycles. The highest BCUT2D eigenvalue weighted by molar-refractivity contribution is 5.34. The second kappa shape index (κ2) is 8.98. The molecule has 1 rings (SSSR count). The highest BCUT2D eigenvalue weighted by atomic mass is 16.5. The summed E-state index contributed by atoms with van der Waals surface area (Å²) in [5, 5.41) is 9.90. The molecule has 0 fully saturated rings. The third-order valence-corrected chi connectivity index (χ3v) is 3.17. The minimum absolute atomic E-state index is 0.415. The molecule has 0 aromatic heterocycles. The number of hydrogen-bond donors (Lipinski definition) is 1. The van der Waals surface area contributed by atoms with Gasteiger partial charge in [-0.25, -0.2) is 0 Å². The summed E-state index contributed by atoms with van der Waals surface area (Å²) < 4.78 is 5.78. The van der Waals surface area contributed by atoms with Crippen LogP contribution in [0.25, 0.3) is 0 Å². The Kier molecular flexibility index (Phi) is 7.51.